The van der Waals surface area contributed by atoms with Gasteiger partial charge in [0.05, 0.1) is 28.0 Å². The molecule has 4 heterocycles. The Balaban J connectivity index is 2.14. The number of H-pyrrole nitrogens is 2. The number of rotatable bonds is 1. The summed E-state index contributed by atoms with van der Waals surface area (Å²) >= 11 is 5.04. The number of aromatic nitrogens is 5. The fourth-order valence-electron chi connectivity index (χ4n) is 3.72. The van der Waals surface area contributed by atoms with Crippen LogP contribution in [0.2, 0.25) is 0 Å². The van der Waals surface area contributed by atoms with E-state index >= 15 is 0 Å². The van der Waals surface area contributed by atoms with E-state index in [1.807, 2.05) is 19.2 Å². The molecule has 0 amide bonds. The molecule has 25 heavy (non-hydrogen) atoms. The lowest BCUT2D eigenvalue weighted by Gasteiger charge is -2.50. The van der Waals surface area contributed by atoms with E-state index in [4.69, 9.17) is 12.2 Å². The molecule has 6 nitrogen and oxygen atoms in total. The van der Waals surface area contributed by atoms with Crippen molar-refractivity contribution in [2.24, 2.45) is 0 Å². The molecule has 130 valence electrons. The Morgan fingerprint density at radius 3 is 2.44 bits per heavy atom. The molecule has 7 heteroatoms. The van der Waals surface area contributed by atoms with Crippen molar-refractivity contribution in [1.29, 1.82) is 0 Å². The first-order valence-electron chi connectivity index (χ1n) is 8.26. The highest BCUT2D eigenvalue weighted by molar-refractivity contribution is 7.71. The summed E-state index contributed by atoms with van der Waals surface area (Å²) in [5.74, 6) is 0.475. The van der Waals surface area contributed by atoms with E-state index in [0.29, 0.717) is 21.7 Å². The van der Waals surface area contributed by atoms with Gasteiger partial charge < -0.3 is 9.13 Å². The molecular formula is C18H21N5OS. The zero-order chi connectivity index (χ0) is 18.1. The van der Waals surface area contributed by atoms with Crippen molar-refractivity contribution < 1.29 is 0 Å². The van der Waals surface area contributed by atoms with Gasteiger partial charge in [-0.2, -0.15) is 4.98 Å². The molecule has 0 fully saturated rings. The predicted octanol–water partition coefficient (Wildman–Crippen LogP) is 3.56. The van der Waals surface area contributed by atoms with Gasteiger partial charge in [0.2, 0.25) is 4.77 Å². The van der Waals surface area contributed by atoms with Crippen LogP contribution in [0.4, 0.5) is 0 Å². The summed E-state index contributed by atoms with van der Waals surface area (Å²) in [7, 11) is 0. The first kappa shape index (κ1) is 16.1. The quantitative estimate of drug-likeness (QED) is 0.656. The monoisotopic (exact) mass is 355 g/mol. The maximum Gasteiger partial charge on any atom is 0.213 e. The van der Waals surface area contributed by atoms with Crippen molar-refractivity contribution in [3.63, 3.8) is 0 Å². The van der Waals surface area contributed by atoms with Crippen LogP contribution in [0.1, 0.15) is 33.3 Å². The average molecular weight is 355 g/mol. The molecule has 3 aromatic heterocycles. The minimum atomic E-state index is -0.255. The summed E-state index contributed by atoms with van der Waals surface area (Å²) in [6.07, 6.45) is 3.99. The van der Waals surface area contributed by atoms with Gasteiger partial charge in [-0.25, -0.2) is 0 Å². The van der Waals surface area contributed by atoms with E-state index in [1.54, 1.807) is 0 Å². The standard InChI is InChI=1S/C18H21N5OS/c1-10-13-12-7-6-8-22(12)17(2,3)18(4,5)23(13)9-11(14(10)24)15-19-16(25)21-20-15/h6-9H,1-5H3,(H2,19,20,21,25). The number of hydrogen-bond donors (Lipinski definition) is 2. The van der Waals surface area contributed by atoms with Gasteiger partial charge in [-0.05, 0) is 59.0 Å². The normalized spacial score (nSPS) is 17.2. The maximum absolute atomic E-state index is 13.0. The Hall–Kier alpha value is -2.41. The van der Waals surface area contributed by atoms with Crippen molar-refractivity contribution >= 4 is 12.2 Å². The van der Waals surface area contributed by atoms with E-state index in [1.165, 1.54) is 0 Å². The van der Waals surface area contributed by atoms with Crippen LogP contribution in [0.15, 0.2) is 29.3 Å². The van der Waals surface area contributed by atoms with Gasteiger partial charge in [-0.3, -0.25) is 15.0 Å². The van der Waals surface area contributed by atoms with Gasteiger partial charge in [0.15, 0.2) is 11.3 Å². The Bertz CT molecular complexity index is 1110. The van der Waals surface area contributed by atoms with Gasteiger partial charge in [0.25, 0.3) is 0 Å². The molecular weight excluding hydrogens is 334 g/mol. The van der Waals surface area contributed by atoms with Crippen molar-refractivity contribution in [2.45, 2.75) is 45.7 Å². The van der Waals surface area contributed by atoms with Crippen LogP contribution in [0.25, 0.3) is 22.8 Å². The molecule has 0 spiro atoms. The Kier molecular flexibility index (Phi) is 3.10. The van der Waals surface area contributed by atoms with Crippen LogP contribution in [0.5, 0.6) is 0 Å². The van der Waals surface area contributed by atoms with Gasteiger partial charge in [-0.15, -0.1) is 0 Å². The number of aromatic amines is 2. The molecule has 0 aromatic carbocycles. The highest BCUT2D eigenvalue weighted by atomic mass is 32.1. The van der Waals surface area contributed by atoms with Crippen LogP contribution in [-0.2, 0) is 11.1 Å². The lowest BCUT2D eigenvalue weighted by atomic mass is 9.78. The number of nitrogens with zero attached hydrogens (tertiary/aromatic N) is 3. The average Bonchev–Trinajstić information content (AvgIpc) is 3.17. The molecule has 4 rings (SSSR count). The maximum atomic E-state index is 13.0. The molecule has 2 N–H and O–H groups in total. The number of hydrogen-bond acceptors (Lipinski definition) is 3. The first-order chi connectivity index (χ1) is 11.7. The fraction of sp³-hybridized carbons (Fsp3) is 0.389. The van der Waals surface area contributed by atoms with E-state index in [0.717, 1.165) is 11.4 Å². The highest BCUT2D eigenvalue weighted by Crippen LogP contribution is 2.46. The molecule has 0 saturated carbocycles. The second-order valence-corrected chi connectivity index (χ2v) is 8.00. The summed E-state index contributed by atoms with van der Waals surface area (Å²) < 4.78 is 4.81. The third kappa shape index (κ3) is 1.93. The smallest absolute Gasteiger partial charge is 0.213 e. The predicted molar refractivity (Wildman–Crippen MR) is 100 cm³/mol. The van der Waals surface area contributed by atoms with E-state index in [-0.39, 0.29) is 16.5 Å². The lowest BCUT2D eigenvalue weighted by Crippen LogP contribution is -2.53. The van der Waals surface area contributed by atoms with E-state index < -0.39 is 0 Å². The molecule has 0 aliphatic carbocycles. The number of nitrogens with one attached hydrogen (secondary N) is 2. The number of fused-ring (bicyclic) bond motifs is 3. The molecule has 1 aliphatic rings. The van der Waals surface area contributed by atoms with Crippen LogP contribution >= 0.6 is 12.2 Å². The summed E-state index contributed by atoms with van der Waals surface area (Å²) in [6, 6.07) is 4.10. The summed E-state index contributed by atoms with van der Waals surface area (Å²) in [6.45, 7) is 10.7. The van der Waals surface area contributed by atoms with Gasteiger partial charge in [-0.1, -0.05) is 0 Å². The summed E-state index contributed by atoms with van der Waals surface area (Å²) in [5, 5.41) is 5.67. The molecule has 0 bridgehead atoms. The molecule has 0 saturated heterocycles. The van der Waals surface area contributed by atoms with Crippen molar-refractivity contribution in [3.8, 4) is 22.8 Å². The first-order valence-corrected chi connectivity index (χ1v) is 8.67. The molecule has 0 radical (unpaired) electrons. The van der Waals surface area contributed by atoms with Crippen LogP contribution in [0.3, 0.4) is 0 Å². The summed E-state index contributed by atoms with van der Waals surface area (Å²) in [5.41, 5.74) is 2.79. The lowest BCUT2D eigenvalue weighted by molar-refractivity contribution is 0.117. The van der Waals surface area contributed by atoms with Crippen molar-refractivity contribution in [2.75, 3.05) is 0 Å². The number of pyridine rings is 1. The summed E-state index contributed by atoms with van der Waals surface area (Å²) in [4.78, 5) is 17.3. The van der Waals surface area contributed by atoms with Gasteiger partial charge >= 0.3 is 0 Å². The molecule has 0 unspecified atom stereocenters. The fourth-order valence-corrected chi connectivity index (χ4v) is 3.86. The minimum Gasteiger partial charge on any atom is -0.338 e. The Labute approximate surface area is 150 Å². The van der Waals surface area contributed by atoms with E-state index in [2.05, 4.69) is 64.3 Å². The van der Waals surface area contributed by atoms with Crippen LogP contribution in [0, 0.1) is 11.7 Å². The van der Waals surface area contributed by atoms with Crippen LogP contribution in [-0.4, -0.2) is 24.3 Å². The second kappa shape index (κ2) is 4.82. The Morgan fingerprint density at radius 1 is 1.12 bits per heavy atom. The third-order valence-electron chi connectivity index (χ3n) is 5.89. The van der Waals surface area contributed by atoms with Crippen molar-refractivity contribution in [1.82, 2.24) is 24.3 Å². The molecule has 0 atom stereocenters. The third-order valence-corrected chi connectivity index (χ3v) is 6.08. The molecule has 1 aliphatic heterocycles. The Morgan fingerprint density at radius 2 is 1.80 bits per heavy atom. The van der Waals surface area contributed by atoms with Gasteiger partial charge in [0.1, 0.15) is 0 Å². The van der Waals surface area contributed by atoms with E-state index in [9.17, 15) is 4.79 Å². The van der Waals surface area contributed by atoms with Crippen molar-refractivity contribution in [3.05, 3.63) is 45.1 Å². The zero-order valence-corrected chi connectivity index (χ0v) is 15.8. The topological polar surface area (TPSA) is 71.4 Å². The zero-order valence-electron chi connectivity index (χ0n) is 15.0. The largest absolute Gasteiger partial charge is 0.338 e. The second-order valence-electron chi connectivity index (χ2n) is 7.61. The highest BCUT2D eigenvalue weighted by Gasteiger charge is 2.46. The van der Waals surface area contributed by atoms with Gasteiger partial charge in [0, 0.05) is 18.0 Å². The molecule has 3 aromatic rings. The SMILES string of the molecule is Cc1c2n(cc(-c3nc(=S)[nH][nH]3)c1=O)C(C)(C)C(C)(C)n1cccc1-2. The van der Waals surface area contributed by atoms with Crippen LogP contribution < -0.4 is 5.43 Å². The minimum absolute atomic E-state index is 0.0349.